The molecule has 0 aliphatic heterocycles. The van der Waals surface area contributed by atoms with Crippen molar-refractivity contribution in [3.05, 3.63) is 71.5 Å². The predicted molar refractivity (Wildman–Crippen MR) is 121 cm³/mol. The van der Waals surface area contributed by atoms with Crippen LogP contribution >= 0.6 is 0 Å². The van der Waals surface area contributed by atoms with Gasteiger partial charge in [-0.25, -0.2) is 8.51 Å². The molecule has 1 amide bonds. The zero-order valence-corrected chi connectivity index (χ0v) is 17.9. The number of carbonyl (C=O) groups is 1. The van der Waals surface area contributed by atoms with Crippen molar-refractivity contribution in [3.63, 3.8) is 0 Å². The molecule has 1 aromatic heterocycles. The largest absolute Gasteiger partial charge is 0.326 e. The van der Waals surface area contributed by atoms with Crippen molar-refractivity contribution in [3.8, 4) is 11.1 Å². The standard InChI is InChI=1S/C22H24N4O3S/c1-14-4-5-15(2)21(8-14)26(30(28)29)22-10-17(6-7-18(22)11-23)19-9-20(13-24-12-19)25-16(3)27/h4-10,12-13H,11,23H2,1-3H3,(H,25,27)(H,28,29). The summed E-state index contributed by atoms with van der Waals surface area (Å²) in [7, 11) is 0. The van der Waals surface area contributed by atoms with Crippen LogP contribution in [0, 0.1) is 13.8 Å². The van der Waals surface area contributed by atoms with Crippen LogP contribution in [0.15, 0.2) is 54.9 Å². The van der Waals surface area contributed by atoms with E-state index >= 15 is 0 Å². The van der Waals surface area contributed by atoms with E-state index < -0.39 is 11.3 Å². The molecule has 156 valence electrons. The van der Waals surface area contributed by atoms with Crippen LogP contribution < -0.4 is 15.4 Å². The van der Waals surface area contributed by atoms with E-state index in [0.29, 0.717) is 17.1 Å². The molecule has 0 radical (unpaired) electrons. The van der Waals surface area contributed by atoms with Gasteiger partial charge in [0.05, 0.1) is 23.3 Å². The van der Waals surface area contributed by atoms with Gasteiger partial charge in [0.15, 0.2) is 0 Å². The van der Waals surface area contributed by atoms with Crippen molar-refractivity contribution >= 4 is 34.2 Å². The number of rotatable bonds is 6. The van der Waals surface area contributed by atoms with Gasteiger partial charge in [-0.05, 0) is 54.3 Å². The van der Waals surface area contributed by atoms with Crippen LogP contribution in [0.2, 0.25) is 0 Å². The van der Waals surface area contributed by atoms with Crippen molar-refractivity contribution in [1.29, 1.82) is 0 Å². The first-order chi connectivity index (χ1) is 14.3. The van der Waals surface area contributed by atoms with Gasteiger partial charge in [-0.1, -0.05) is 24.3 Å². The summed E-state index contributed by atoms with van der Waals surface area (Å²) in [5.74, 6) is -0.190. The van der Waals surface area contributed by atoms with E-state index in [9.17, 15) is 13.6 Å². The number of benzene rings is 2. The summed E-state index contributed by atoms with van der Waals surface area (Å²) in [6.07, 6.45) is 3.23. The smallest absolute Gasteiger partial charge is 0.266 e. The lowest BCUT2D eigenvalue weighted by molar-refractivity contribution is -0.114. The van der Waals surface area contributed by atoms with Gasteiger partial charge in [-0.15, -0.1) is 0 Å². The molecule has 1 unspecified atom stereocenters. The normalized spacial score (nSPS) is 11.8. The molecule has 0 saturated carbocycles. The summed E-state index contributed by atoms with van der Waals surface area (Å²) in [6, 6.07) is 13.1. The number of aryl methyl sites for hydroxylation is 2. The molecule has 1 atom stereocenters. The molecule has 0 aliphatic rings. The number of nitrogens with one attached hydrogen (secondary N) is 1. The second-order valence-corrected chi connectivity index (χ2v) is 7.83. The van der Waals surface area contributed by atoms with Gasteiger partial charge in [-0.3, -0.25) is 14.3 Å². The van der Waals surface area contributed by atoms with E-state index in [1.807, 2.05) is 50.2 Å². The molecule has 2 aromatic carbocycles. The summed E-state index contributed by atoms with van der Waals surface area (Å²) in [5, 5.41) is 2.71. The second kappa shape index (κ2) is 9.17. The SMILES string of the molecule is CC(=O)Nc1cncc(-c2ccc(CN)c(N(c3cc(C)ccc3C)S(=O)O)c2)c1. The number of nitrogens with two attached hydrogens (primary N) is 1. The average Bonchev–Trinajstić information content (AvgIpc) is 2.70. The maximum atomic E-state index is 12.4. The van der Waals surface area contributed by atoms with Crippen LogP contribution in [0.4, 0.5) is 17.1 Å². The Morgan fingerprint density at radius 3 is 2.53 bits per heavy atom. The second-order valence-electron chi connectivity index (χ2n) is 7.01. The van der Waals surface area contributed by atoms with E-state index in [1.54, 1.807) is 18.5 Å². The van der Waals surface area contributed by atoms with Crippen molar-refractivity contribution < 1.29 is 13.6 Å². The highest BCUT2D eigenvalue weighted by molar-refractivity contribution is 7.81. The quantitative estimate of drug-likeness (QED) is 0.517. The maximum Gasteiger partial charge on any atom is 0.266 e. The summed E-state index contributed by atoms with van der Waals surface area (Å²) in [6.45, 7) is 5.46. The van der Waals surface area contributed by atoms with Crippen molar-refractivity contribution in [1.82, 2.24) is 4.98 Å². The van der Waals surface area contributed by atoms with E-state index in [-0.39, 0.29) is 12.5 Å². The fourth-order valence-corrected chi connectivity index (χ4v) is 3.91. The molecule has 30 heavy (non-hydrogen) atoms. The lowest BCUT2D eigenvalue weighted by Gasteiger charge is -2.25. The van der Waals surface area contributed by atoms with Crippen LogP contribution in [-0.4, -0.2) is 19.7 Å². The van der Waals surface area contributed by atoms with Gasteiger partial charge in [0.1, 0.15) is 0 Å². The molecule has 0 spiro atoms. The molecular weight excluding hydrogens is 400 g/mol. The van der Waals surface area contributed by atoms with Gasteiger partial charge >= 0.3 is 0 Å². The van der Waals surface area contributed by atoms with E-state index in [1.165, 1.54) is 11.2 Å². The fraction of sp³-hybridized carbons (Fsp3) is 0.182. The number of nitrogens with zero attached hydrogens (tertiary/aromatic N) is 2. The maximum absolute atomic E-state index is 12.4. The molecule has 3 rings (SSSR count). The highest BCUT2D eigenvalue weighted by Gasteiger charge is 2.21. The minimum atomic E-state index is -2.31. The first-order valence-electron chi connectivity index (χ1n) is 9.34. The molecule has 4 N–H and O–H groups in total. The number of amides is 1. The lowest BCUT2D eigenvalue weighted by Crippen LogP contribution is -2.22. The molecule has 1 heterocycles. The minimum Gasteiger partial charge on any atom is -0.326 e. The Kier molecular flexibility index (Phi) is 6.61. The van der Waals surface area contributed by atoms with Crippen LogP contribution in [0.3, 0.4) is 0 Å². The molecule has 0 saturated heterocycles. The fourth-order valence-electron chi connectivity index (χ4n) is 3.21. The van der Waals surface area contributed by atoms with E-state index in [2.05, 4.69) is 10.3 Å². The third kappa shape index (κ3) is 4.73. The topological polar surface area (TPSA) is 109 Å². The minimum absolute atomic E-state index is 0.190. The zero-order valence-electron chi connectivity index (χ0n) is 17.0. The first-order valence-corrected chi connectivity index (χ1v) is 10.4. The van der Waals surface area contributed by atoms with Crippen LogP contribution in [0.5, 0.6) is 0 Å². The van der Waals surface area contributed by atoms with Crippen LogP contribution in [0.25, 0.3) is 11.1 Å². The third-order valence-corrected chi connectivity index (χ3v) is 5.36. The van der Waals surface area contributed by atoms with Gasteiger partial charge in [-0.2, -0.15) is 0 Å². The highest BCUT2D eigenvalue weighted by Crippen LogP contribution is 2.36. The molecule has 0 aliphatic carbocycles. The van der Waals surface area contributed by atoms with Gasteiger partial charge in [0.2, 0.25) is 5.91 Å². The Morgan fingerprint density at radius 2 is 1.87 bits per heavy atom. The number of carbonyl (C=O) groups excluding carboxylic acids is 1. The van der Waals surface area contributed by atoms with E-state index in [4.69, 9.17) is 5.73 Å². The number of anilines is 3. The Balaban J connectivity index is 2.15. The van der Waals surface area contributed by atoms with Crippen LogP contribution in [0.1, 0.15) is 23.6 Å². The summed E-state index contributed by atoms with van der Waals surface area (Å²) in [4.78, 5) is 15.5. The van der Waals surface area contributed by atoms with Crippen molar-refractivity contribution in [2.24, 2.45) is 5.73 Å². The van der Waals surface area contributed by atoms with Crippen LogP contribution in [-0.2, 0) is 22.6 Å². The molecule has 0 bridgehead atoms. The molecule has 3 aromatic rings. The van der Waals surface area contributed by atoms with Gasteiger partial charge in [0, 0.05) is 25.2 Å². The monoisotopic (exact) mass is 424 g/mol. The number of aromatic nitrogens is 1. The zero-order chi connectivity index (χ0) is 21.8. The highest BCUT2D eigenvalue weighted by atomic mass is 32.2. The Morgan fingerprint density at radius 1 is 1.10 bits per heavy atom. The average molecular weight is 425 g/mol. The summed E-state index contributed by atoms with van der Waals surface area (Å²) >= 11 is -2.31. The predicted octanol–water partition coefficient (Wildman–Crippen LogP) is 4.06. The number of hydrogen-bond acceptors (Lipinski definition) is 4. The van der Waals surface area contributed by atoms with Crippen molar-refractivity contribution in [2.45, 2.75) is 27.3 Å². The Hall–Kier alpha value is -3.07. The number of hydrogen-bond donors (Lipinski definition) is 3. The third-order valence-electron chi connectivity index (χ3n) is 4.66. The molecule has 7 nitrogen and oxygen atoms in total. The Bertz CT molecular complexity index is 1120. The summed E-state index contributed by atoms with van der Waals surface area (Å²) in [5.41, 5.74) is 11.8. The molecule has 8 heteroatoms. The van der Waals surface area contributed by atoms with E-state index in [0.717, 1.165) is 27.8 Å². The lowest BCUT2D eigenvalue weighted by atomic mass is 10.0. The summed E-state index contributed by atoms with van der Waals surface area (Å²) < 4.78 is 23.9. The first kappa shape index (κ1) is 21.6. The molecular formula is C22H24N4O3S. The van der Waals surface area contributed by atoms with Gasteiger partial charge < -0.3 is 11.1 Å². The van der Waals surface area contributed by atoms with Crippen molar-refractivity contribution in [2.75, 3.05) is 9.62 Å². The Labute approximate surface area is 178 Å². The van der Waals surface area contributed by atoms with Gasteiger partial charge in [0.25, 0.3) is 11.3 Å². The molecule has 0 fully saturated rings. The number of pyridine rings is 1.